The molecule has 0 aliphatic carbocycles. The van der Waals surface area contributed by atoms with Crippen molar-refractivity contribution < 1.29 is 19.5 Å². The Kier molecular flexibility index (Phi) is 4.32. The fourth-order valence-corrected chi connectivity index (χ4v) is 4.36. The van der Waals surface area contributed by atoms with E-state index in [0.717, 1.165) is 6.42 Å². The lowest BCUT2D eigenvalue weighted by molar-refractivity contribution is -0.161. The van der Waals surface area contributed by atoms with Gasteiger partial charge in [-0.25, -0.2) is 4.79 Å². The molecule has 0 aromatic carbocycles. The van der Waals surface area contributed by atoms with Crippen LogP contribution in [0.4, 0.5) is 0 Å². The van der Waals surface area contributed by atoms with Crippen LogP contribution in [0.5, 0.6) is 0 Å². The zero-order valence-corrected chi connectivity index (χ0v) is 13.1. The molecule has 2 aliphatic rings. The molecule has 2 saturated heterocycles. The van der Waals surface area contributed by atoms with Crippen LogP contribution in [-0.2, 0) is 14.4 Å². The molecule has 2 rings (SSSR count). The van der Waals surface area contributed by atoms with E-state index < -0.39 is 22.8 Å². The van der Waals surface area contributed by atoms with Gasteiger partial charge in [-0.1, -0.05) is 19.1 Å². The highest BCUT2D eigenvalue weighted by molar-refractivity contribution is 8.01. The van der Waals surface area contributed by atoms with Crippen molar-refractivity contribution in [2.24, 2.45) is 0 Å². The number of carbonyl (C=O) groups excluding carboxylic acids is 2. The maximum Gasteiger partial charge on any atom is 0.327 e. The smallest absolute Gasteiger partial charge is 0.327 e. The number of carboxylic acids is 1. The van der Waals surface area contributed by atoms with E-state index in [2.05, 4.69) is 5.32 Å². The van der Waals surface area contributed by atoms with Gasteiger partial charge in [0.15, 0.2) is 0 Å². The molecule has 7 heteroatoms. The predicted octanol–water partition coefficient (Wildman–Crippen LogP) is 0.974. The number of amides is 2. The third-order valence-corrected chi connectivity index (χ3v) is 5.27. The molecule has 2 amide bonds. The topological polar surface area (TPSA) is 86.7 Å². The van der Waals surface area contributed by atoms with E-state index in [4.69, 9.17) is 0 Å². The van der Waals surface area contributed by atoms with Gasteiger partial charge in [0, 0.05) is 11.2 Å². The fraction of sp³-hybridized carbons (Fsp3) is 0.643. The van der Waals surface area contributed by atoms with E-state index in [-0.39, 0.29) is 23.6 Å². The summed E-state index contributed by atoms with van der Waals surface area (Å²) >= 11 is 1.43. The Morgan fingerprint density at radius 2 is 2.10 bits per heavy atom. The third kappa shape index (κ3) is 2.79. The number of rotatable bonds is 5. The van der Waals surface area contributed by atoms with E-state index >= 15 is 0 Å². The van der Waals surface area contributed by atoms with Crippen molar-refractivity contribution in [1.82, 2.24) is 10.2 Å². The number of fused-ring (bicyclic) bond motifs is 1. The Labute approximate surface area is 127 Å². The molecule has 0 unspecified atom stereocenters. The highest BCUT2D eigenvalue weighted by Crippen LogP contribution is 2.50. The first-order valence-corrected chi connectivity index (χ1v) is 7.84. The first-order chi connectivity index (χ1) is 9.79. The van der Waals surface area contributed by atoms with Gasteiger partial charge in [0.2, 0.25) is 11.8 Å². The molecule has 0 radical (unpaired) electrons. The van der Waals surface area contributed by atoms with E-state index in [9.17, 15) is 19.5 Å². The Balaban J connectivity index is 2.01. The standard InChI is InChI=1S/C14H20N2O4S/c1-4-5-6-7-8(17)15-9-11(18)16-10(13(19)20)14(2,3)21-12(9)16/h5-6,9-10,12H,4,7H2,1-3H3,(H,15,17)(H,19,20)/b6-5-/t9-,10+,12-/m1/s1. The lowest BCUT2D eigenvalue weighted by Gasteiger charge is -2.43. The largest absolute Gasteiger partial charge is 0.480 e. The van der Waals surface area contributed by atoms with E-state index in [1.807, 2.05) is 26.8 Å². The van der Waals surface area contributed by atoms with Gasteiger partial charge < -0.3 is 15.3 Å². The number of hydrogen-bond donors (Lipinski definition) is 2. The van der Waals surface area contributed by atoms with Crippen LogP contribution in [0.15, 0.2) is 12.2 Å². The van der Waals surface area contributed by atoms with Crippen molar-refractivity contribution in [2.75, 3.05) is 0 Å². The fourth-order valence-electron chi connectivity index (χ4n) is 2.73. The van der Waals surface area contributed by atoms with Gasteiger partial charge in [0.1, 0.15) is 17.5 Å². The Morgan fingerprint density at radius 1 is 1.43 bits per heavy atom. The molecule has 6 nitrogen and oxygen atoms in total. The molecule has 21 heavy (non-hydrogen) atoms. The van der Waals surface area contributed by atoms with Crippen molar-refractivity contribution in [3.8, 4) is 0 Å². The van der Waals surface area contributed by atoms with Crippen molar-refractivity contribution >= 4 is 29.5 Å². The molecular formula is C14H20N2O4S. The number of allylic oxidation sites excluding steroid dienone is 1. The molecule has 0 aromatic rings. The summed E-state index contributed by atoms with van der Waals surface area (Å²) in [5.74, 6) is -1.52. The minimum absolute atomic E-state index is 0.213. The quantitative estimate of drug-likeness (QED) is 0.583. The second kappa shape index (κ2) is 5.71. The van der Waals surface area contributed by atoms with Gasteiger partial charge in [-0.3, -0.25) is 9.59 Å². The first kappa shape index (κ1) is 15.9. The molecule has 2 N–H and O–H groups in total. The highest BCUT2D eigenvalue weighted by Gasteiger charge is 2.64. The van der Waals surface area contributed by atoms with Crippen LogP contribution in [0.25, 0.3) is 0 Å². The molecule has 2 fully saturated rings. The number of aliphatic carboxylic acids is 1. The van der Waals surface area contributed by atoms with Gasteiger partial charge in [0.05, 0.1) is 0 Å². The van der Waals surface area contributed by atoms with Crippen LogP contribution in [-0.4, -0.2) is 50.0 Å². The first-order valence-electron chi connectivity index (χ1n) is 6.96. The van der Waals surface area contributed by atoms with E-state index in [1.54, 1.807) is 6.08 Å². The van der Waals surface area contributed by atoms with E-state index in [1.165, 1.54) is 16.7 Å². The molecule has 0 saturated carbocycles. The summed E-state index contributed by atoms with van der Waals surface area (Å²) in [4.78, 5) is 36.6. The van der Waals surface area contributed by atoms with Crippen LogP contribution in [0.3, 0.4) is 0 Å². The third-order valence-electron chi connectivity index (χ3n) is 3.70. The molecule has 116 valence electrons. The SMILES string of the molecule is CC/C=C\CC(=O)N[C@@H]1C(=O)N2[C@@H]1SC(C)(C)[C@@H]2C(=O)O. The van der Waals surface area contributed by atoms with E-state index in [0.29, 0.717) is 0 Å². The van der Waals surface area contributed by atoms with Crippen LogP contribution in [0.1, 0.15) is 33.6 Å². The number of β-lactam (4-membered cyclic amide) rings is 1. The zero-order chi connectivity index (χ0) is 15.8. The Bertz CT molecular complexity index is 503. The van der Waals surface area contributed by atoms with Gasteiger partial charge in [-0.15, -0.1) is 11.8 Å². The predicted molar refractivity (Wildman–Crippen MR) is 79.7 cm³/mol. The number of hydrogen-bond acceptors (Lipinski definition) is 4. The summed E-state index contributed by atoms with van der Waals surface area (Å²) in [6.07, 6.45) is 4.75. The molecule has 0 aromatic heterocycles. The number of carboxylic acid groups (broad SMARTS) is 1. The summed E-state index contributed by atoms with van der Waals surface area (Å²) in [5.41, 5.74) is 0. The minimum Gasteiger partial charge on any atom is -0.480 e. The molecule has 2 heterocycles. The second-order valence-electron chi connectivity index (χ2n) is 5.73. The molecular weight excluding hydrogens is 292 g/mol. The average molecular weight is 312 g/mol. The molecule has 2 aliphatic heterocycles. The maximum atomic E-state index is 12.1. The number of thioether (sulfide) groups is 1. The summed E-state index contributed by atoms with van der Waals surface area (Å²) in [6, 6.07) is -1.45. The number of carbonyl (C=O) groups is 3. The van der Waals surface area contributed by atoms with Crippen molar-refractivity contribution in [3.05, 3.63) is 12.2 Å². The summed E-state index contributed by atoms with van der Waals surface area (Å²) in [5, 5.41) is 11.7. The molecule has 0 bridgehead atoms. The maximum absolute atomic E-state index is 12.1. The minimum atomic E-state index is -1.00. The number of nitrogens with zero attached hydrogens (tertiary/aromatic N) is 1. The van der Waals surface area contributed by atoms with Gasteiger partial charge in [-0.05, 0) is 20.3 Å². The highest BCUT2D eigenvalue weighted by atomic mass is 32.2. The lowest BCUT2D eigenvalue weighted by Crippen LogP contribution is -2.70. The van der Waals surface area contributed by atoms with Crippen molar-refractivity contribution in [1.29, 1.82) is 0 Å². The normalized spacial score (nSPS) is 30.1. The summed E-state index contributed by atoms with van der Waals surface area (Å²) < 4.78 is -0.562. The monoisotopic (exact) mass is 312 g/mol. The average Bonchev–Trinajstić information content (AvgIpc) is 2.65. The summed E-state index contributed by atoms with van der Waals surface area (Å²) in [7, 11) is 0. The van der Waals surface area contributed by atoms with Gasteiger partial charge in [-0.2, -0.15) is 0 Å². The van der Waals surface area contributed by atoms with Crippen LogP contribution in [0, 0.1) is 0 Å². The Hall–Kier alpha value is -1.50. The van der Waals surface area contributed by atoms with Crippen LogP contribution in [0.2, 0.25) is 0 Å². The van der Waals surface area contributed by atoms with Crippen molar-refractivity contribution in [3.63, 3.8) is 0 Å². The Morgan fingerprint density at radius 3 is 2.67 bits per heavy atom. The van der Waals surface area contributed by atoms with Crippen LogP contribution < -0.4 is 5.32 Å². The lowest BCUT2D eigenvalue weighted by atomic mass is 9.96. The summed E-state index contributed by atoms with van der Waals surface area (Å²) in [6.45, 7) is 5.60. The van der Waals surface area contributed by atoms with Crippen molar-refractivity contribution in [2.45, 2.75) is 55.8 Å². The zero-order valence-electron chi connectivity index (χ0n) is 12.3. The molecule has 0 spiro atoms. The van der Waals surface area contributed by atoms with Gasteiger partial charge >= 0.3 is 5.97 Å². The van der Waals surface area contributed by atoms with Gasteiger partial charge in [0.25, 0.3) is 0 Å². The second-order valence-corrected chi connectivity index (χ2v) is 7.50. The molecule has 3 atom stereocenters. The van der Waals surface area contributed by atoms with Crippen LogP contribution >= 0.6 is 11.8 Å². The number of nitrogens with one attached hydrogen (secondary N) is 1.